The molecule has 1 N–H and O–H groups in total. The highest BCUT2D eigenvalue weighted by atomic mass is 16.3. The quantitative estimate of drug-likeness (QED) is 0.922. The molecular formula is C18H23N3O2. The molecule has 0 bridgehead atoms. The average Bonchev–Trinajstić information content (AvgIpc) is 3.11. The highest BCUT2D eigenvalue weighted by Crippen LogP contribution is 2.18. The summed E-state index contributed by atoms with van der Waals surface area (Å²) >= 11 is 0. The number of nitrogens with zero attached hydrogens (tertiary/aromatic N) is 2. The van der Waals surface area contributed by atoms with Crippen molar-refractivity contribution >= 4 is 5.91 Å². The van der Waals surface area contributed by atoms with Crippen LogP contribution in [0, 0.1) is 12.8 Å². The van der Waals surface area contributed by atoms with Gasteiger partial charge in [-0.15, -0.1) is 0 Å². The van der Waals surface area contributed by atoms with Gasteiger partial charge < -0.3 is 9.73 Å². The minimum atomic E-state index is -0.176. The van der Waals surface area contributed by atoms with E-state index in [0.717, 1.165) is 32.5 Å². The van der Waals surface area contributed by atoms with Crippen molar-refractivity contribution in [3.05, 3.63) is 53.7 Å². The molecule has 23 heavy (non-hydrogen) atoms. The number of aryl methyl sites for hydroxylation is 1. The van der Waals surface area contributed by atoms with Gasteiger partial charge in [0.15, 0.2) is 6.39 Å². The molecule has 5 heteroatoms. The van der Waals surface area contributed by atoms with Crippen molar-refractivity contribution in [2.24, 2.45) is 5.92 Å². The van der Waals surface area contributed by atoms with E-state index in [2.05, 4.69) is 46.4 Å². The molecule has 1 aliphatic heterocycles. The molecular weight excluding hydrogens is 290 g/mol. The number of rotatable bonds is 5. The summed E-state index contributed by atoms with van der Waals surface area (Å²) in [5, 5.41) is 2.93. The van der Waals surface area contributed by atoms with E-state index in [-0.39, 0.29) is 11.7 Å². The summed E-state index contributed by atoms with van der Waals surface area (Å²) in [5.74, 6) is 0.641. The van der Waals surface area contributed by atoms with E-state index >= 15 is 0 Å². The van der Waals surface area contributed by atoms with Gasteiger partial charge in [-0.05, 0) is 44.3 Å². The second-order valence-corrected chi connectivity index (χ2v) is 6.28. The molecule has 2 aromatic rings. The third-order valence-electron chi connectivity index (χ3n) is 4.44. The molecule has 0 saturated carbocycles. The molecule has 0 aliphatic carbocycles. The number of oxazole rings is 1. The number of likely N-dealkylation sites (tertiary alicyclic amines) is 1. The van der Waals surface area contributed by atoms with Gasteiger partial charge >= 0.3 is 0 Å². The van der Waals surface area contributed by atoms with Gasteiger partial charge in [-0.1, -0.05) is 29.8 Å². The number of carbonyl (C=O) groups excluding carboxylic acids is 1. The lowest BCUT2D eigenvalue weighted by molar-refractivity contribution is 0.0907. The summed E-state index contributed by atoms with van der Waals surface area (Å²) in [4.78, 5) is 18.1. The van der Waals surface area contributed by atoms with Crippen LogP contribution in [0.3, 0.4) is 0 Å². The van der Waals surface area contributed by atoms with Gasteiger partial charge in [-0.25, -0.2) is 4.98 Å². The Morgan fingerprint density at radius 3 is 2.70 bits per heavy atom. The molecule has 0 spiro atoms. The summed E-state index contributed by atoms with van der Waals surface area (Å²) in [6.07, 6.45) is 4.95. The summed E-state index contributed by atoms with van der Waals surface area (Å²) in [6.45, 7) is 5.99. The van der Waals surface area contributed by atoms with E-state index in [1.54, 1.807) is 0 Å². The molecule has 1 aliphatic rings. The fourth-order valence-electron chi connectivity index (χ4n) is 2.95. The van der Waals surface area contributed by atoms with E-state index in [9.17, 15) is 4.79 Å². The normalized spacial score (nSPS) is 16.4. The van der Waals surface area contributed by atoms with Crippen molar-refractivity contribution in [3.8, 4) is 0 Å². The van der Waals surface area contributed by atoms with Crippen LogP contribution in [0.2, 0.25) is 0 Å². The fourth-order valence-corrected chi connectivity index (χ4v) is 2.95. The first kappa shape index (κ1) is 15.7. The smallest absolute Gasteiger partial charge is 0.288 e. The summed E-state index contributed by atoms with van der Waals surface area (Å²) in [7, 11) is 0. The maximum absolute atomic E-state index is 11.8. The molecule has 0 radical (unpaired) electrons. The van der Waals surface area contributed by atoms with Crippen LogP contribution in [0.5, 0.6) is 0 Å². The van der Waals surface area contributed by atoms with Crippen LogP contribution >= 0.6 is 0 Å². The van der Waals surface area contributed by atoms with E-state index in [4.69, 9.17) is 4.42 Å². The van der Waals surface area contributed by atoms with Crippen molar-refractivity contribution in [3.63, 3.8) is 0 Å². The number of amides is 1. The van der Waals surface area contributed by atoms with Crippen LogP contribution in [0.25, 0.3) is 0 Å². The predicted molar refractivity (Wildman–Crippen MR) is 88.0 cm³/mol. The van der Waals surface area contributed by atoms with Crippen molar-refractivity contribution < 1.29 is 9.21 Å². The Morgan fingerprint density at radius 2 is 2.04 bits per heavy atom. The number of carbonyl (C=O) groups is 1. The summed E-state index contributed by atoms with van der Waals surface area (Å²) in [6, 6.07) is 8.75. The number of nitrogens with one attached hydrogen (secondary N) is 1. The van der Waals surface area contributed by atoms with Gasteiger partial charge in [-0.2, -0.15) is 0 Å². The Morgan fingerprint density at radius 1 is 1.30 bits per heavy atom. The number of piperidine rings is 1. The molecule has 5 nitrogen and oxygen atoms in total. The maximum Gasteiger partial charge on any atom is 0.288 e. The minimum Gasteiger partial charge on any atom is -0.438 e. The van der Waals surface area contributed by atoms with Crippen LogP contribution in [0.4, 0.5) is 0 Å². The van der Waals surface area contributed by atoms with Crippen molar-refractivity contribution in [1.29, 1.82) is 0 Å². The molecule has 2 heterocycles. The molecule has 3 rings (SSSR count). The van der Waals surface area contributed by atoms with E-state index < -0.39 is 0 Å². The van der Waals surface area contributed by atoms with E-state index in [0.29, 0.717) is 12.5 Å². The first-order chi connectivity index (χ1) is 11.2. The highest BCUT2D eigenvalue weighted by molar-refractivity contribution is 5.90. The number of benzene rings is 1. The van der Waals surface area contributed by atoms with Gasteiger partial charge in [-0.3, -0.25) is 9.69 Å². The zero-order valence-electron chi connectivity index (χ0n) is 13.5. The molecule has 1 fully saturated rings. The third-order valence-corrected chi connectivity index (χ3v) is 4.44. The van der Waals surface area contributed by atoms with Gasteiger partial charge in [0.1, 0.15) is 0 Å². The van der Waals surface area contributed by atoms with Crippen LogP contribution < -0.4 is 5.32 Å². The Hall–Kier alpha value is -2.14. The van der Waals surface area contributed by atoms with Crippen LogP contribution in [-0.2, 0) is 6.54 Å². The first-order valence-electron chi connectivity index (χ1n) is 8.15. The Balaban J connectivity index is 1.40. The largest absolute Gasteiger partial charge is 0.438 e. The first-order valence-corrected chi connectivity index (χ1v) is 8.15. The lowest BCUT2D eigenvalue weighted by atomic mass is 9.96. The number of hydrogen-bond donors (Lipinski definition) is 1. The summed E-state index contributed by atoms with van der Waals surface area (Å²) in [5.41, 5.74) is 2.67. The summed E-state index contributed by atoms with van der Waals surface area (Å²) < 4.78 is 5.00. The monoisotopic (exact) mass is 313 g/mol. The molecule has 1 amide bonds. The average molecular weight is 313 g/mol. The van der Waals surface area contributed by atoms with Gasteiger partial charge in [0.05, 0.1) is 6.20 Å². The maximum atomic E-state index is 11.8. The SMILES string of the molecule is Cc1ccc(CN2CCC(CNC(=O)c3cnco3)CC2)cc1. The third kappa shape index (κ3) is 4.42. The van der Waals surface area contributed by atoms with Crippen molar-refractivity contribution in [1.82, 2.24) is 15.2 Å². The molecule has 1 aromatic heterocycles. The van der Waals surface area contributed by atoms with E-state index in [1.807, 2.05) is 0 Å². The minimum absolute atomic E-state index is 0.176. The standard InChI is InChI=1S/C18H23N3O2/c1-14-2-4-16(5-3-14)12-21-8-6-15(7-9-21)10-20-18(22)17-11-19-13-23-17/h2-5,11,13,15H,6-10,12H2,1H3,(H,20,22). The number of aromatic nitrogens is 1. The van der Waals surface area contributed by atoms with Gasteiger partial charge in [0.2, 0.25) is 5.76 Å². The molecule has 122 valence electrons. The predicted octanol–water partition coefficient (Wildman–Crippen LogP) is 2.63. The van der Waals surface area contributed by atoms with E-state index in [1.165, 1.54) is 23.7 Å². The highest BCUT2D eigenvalue weighted by Gasteiger charge is 2.20. The second kappa shape index (κ2) is 7.42. The van der Waals surface area contributed by atoms with Crippen LogP contribution in [0.15, 0.2) is 41.3 Å². The fraction of sp³-hybridized carbons (Fsp3) is 0.444. The lowest BCUT2D eigenvalue weighted by Crippen LogP contribution is -2.38. The lowest BCUT2D eigenvalue weighted by Gasteiger charge is -2.32. The number of hydrogen-bond acceptors (Lipinski definition) is 4. The molecule has 1 aromatic carbocycles. The Kier molecular flexibility index (Phi) is 5.08. The van der Waals surface area contributed by atoms with Crippen LogP contribution in [-0.4, -0.2) is 35.4 Å². The zero-order chi connectivity index (χ0) is 16.1. The Bertz CT molecular complexity index is 614. The Labute approximate surface area is 136 Å². The van der Waals surface area contributed by atoms with Crippen LogP contribution in [0.1, 0.15) is 34.5 Å². The molecule has 1 saturated heterocycles. The van der Waals surface area contributed by atoms with Gasteiger partial charge in [0.25, 0.3) is 5.91 Å². The topological polar surface area (TPSA) is 58.4 Å². The zero-order valence-corrected chi connectivity index (χ0v) is 13.5. The molecule has 0 atom stereocenters. The van der Waals surface area contributed by atoms with Crippen molar-refractivity contribution in [2.45, 2.75) is 26.3 Å². The van der Waals surface area contributed by atoms with Gasteiger partial charge in [0, 0.05) is 13.1 Å². The second-order valence-electron chi connectivity index (χ2n) is 6.28. The van der Waals surface area contributed by atoms with Crippen molar-refractivity contribution in [2.75, 3.05) is 19.6 Å². The molecule has 0 unspecified atom stereocenters.